The Balaban J connectivity index is 2.66. The van der Waals surface area contributed by atoms with E-state index >= 15 is 0 Å². The highest BCUT2D eigenvalue weighted by atomic mass is 16.6. The van der Waals surface area contributed by atoms with Crippen LogP contribution in [0.15, 0.2) is 0 Å². The molecule has 1 aliphatic rings. The van der Waals surface area contributed by atoms with Crippen molar-refractivity contribution in [3.05, 3.63) is 0 Å². The molecule has 0 radical (unpaired) electrons. The Morgan fingerprint density at radius 3 is 2.53 bits per heavy atom. The van der Waals surface area contributed by atoms with Gasteiger partial charge >= 0.3 is 12.1 Å². The normalized spacial score (nSPS) is 26.9. The molecule has 1 aliphatic carbocycles. The topological polar surface area (TPSA) is 64.6 Å². The number of carbonyl (C=O) groups excluding carboxylic acids is 2. The molecule has 1 fully saturated rings. The van der Waals surface area contributed by atoms with Gasteiger partial charge in [-0.2, -0.15) is 0 Å². The van der Waals surface area contributed by atoms with Crippen molar-refractivity contribution in [2.45, 2.75) is 65.5 Å². The van der Waals surface area contributed by atoms with Crippen molar-refractivity contribution in [1.29, 1.82) is 0 Å². The molecule has 0 saturated heterocycles. The van der Waals surface area contributed by atoms with Crippen LogP contribution in [0.3, 0.4) is 0 Å². The van der Waals surface area contributed by atoms with Gasteiger partial charge in [0.05, 0.1) is 12.0 Å². The van der Waals surface area contributed by atoms with E-state index in [4.69, 9.17) is 9.47 Å². The minimum Gasteiger partial charge on any atom is -0.466 e. The molecular formula is C14H25NO4. The van der Waals surface area contributed by atoms with Crippen molar-refractivity contribution >= 4 is 12.1 Å². The minimum atomic E-state index is -0.646. The van der Waals surface area contributed by atoms with Crippen molar-refractivity contribution in [1.82, 2.24) is 5.32 Å². The van der Waals surface area contributed by atoms with Gasteiger partial charge in [-0.15, -0.1) is 0 Å². The van der Waals surface area contributed by atoms with Gasteiger partial charge in [0.25, 0.3) is 0 Å². The standard InChI is InChI=1S/C14H25NO4/c1-6-18-11(16)14(5)9-7-8-10(14)15-12(17)19-13(2,3)4/h10H,6-9H2,1-5H3,(H,15,17)/t10-,14+/m0/s1. The van der Waals surface area contributed by atoms with Gasteiger partial charge < -0.3 is 14.8 Å². The third-order valence-corrected chi connectivity index (χ3v) is 3.39. The Morgan fingerprint density at radius 2 is 2.00 bits per heavy atom. The Morgan fingerprint density at radius 1 is 1.37 bits per heavy atom. The van der Waals surface area contributed by atoms with Crippen molar-refractivity contribution in [2.75, 3.05) is 6.61 Å². The molecule has 0 aromatic heterocycles. The summed E-state index contributed by atoms with van der Waals surface area (Å²) in [5.74, 6) is -0.242. The van der Waals surface area contributed by atoms with Gasteiger partial charge in [0.1, 0.15) is 5.60 Å². The van der Waals surface area contributed by atoms with Crippen LogP contribution in [0.2, 0.25) is 0 Å². The van der Waals surface area contributed by atoms with Gasteiger partial charge in [0, 0.05) is 6.04 Å². The molecule has 0 aromatic rings. The summed E-state index contributed by atoms with van der Waals surface area (Å²) >= 11 is 0. The van der Waals surface area contributed by atoms with Gasteiger partial charge in [-0.1, -0.05) is 6.42 Å². The highest BCUT2D eigenvalue weighted by Crippen LogP contribution is 2.39. The third-order valence-electron chi connectivity index (χ3n) is 3.39. The molecule has 5 heteroatoms. The number of carbonyl (C=O) groups is 2. The summed E-state index contributed by atoms with van der Waals surface area (Å²) < 4.78 is 10.3. The fourth-order valence-electron chi connectivity index (χ4n) is 2.39. The average Bonchev–Trinajstić information content (AvgIpc) is 2.59. The molecule has 0 unspecified atom stereocenters. The molecule has 0 bridgehead atoms. The molecular weight excluding hydrogens is 246 g/mol. The molecule has 5 nitrogen and oxygen atoms in total. The molecule has 110 valence electrons. The van der Waals surface area contributed by atoms with Crippen molar-refractivity contribution in [3.8, 4) is 0 Å². The first-order valence-electron chi connectivity index (χ1n) is 6.86. The first-order valence-corrected chi connectivity index (χ1v) is 6.86. The van der Waals surface area contributed by atoms with Gasteiger partial charge in [-0.25, -0.2) is 4.79 Å². The molecule has 1 N–H and O–H groups in total. The fraction of sp³-hybridized carbons (Fsp3) is 0.857. The molecule has 2 atom stereocenters. The highest BCUT2D eigenvalue weighted by Gasteiger charge is 2.47. The van der Waals surface area contributed by atoms with Crippen LogP contribution in [0.25, 0.3) is 0 Å². The Bertz CT molecular complexity index is 348. The zero-order valence-electron chi connectivity index (χ0n) is 12.5. The van der Waals surface area contributed by atoms with E-state index in [2.05, 4.69) is 5.32 Å². The number of hydrogen-bond acceptors (Lipinski definition) is 4. The Labute approximate surface area is 115 Å². The second-order valence-electron chi connectivity index (χ2n) is 6.23. The Kier molecular flexibility index (Phi) is 4.82. The monoisotopic (exact) mass is 271 g/mol. The van der Waals surface area contributed by atoms with Crippen LogP contribution in [-0.4, -0.2) is 30.3 Å². The highest BCUT2D eigenvalue weighted by molar-refractivity contribution is 5.79. The van der Waals surface area contributed by atoms with E-state index in [0.717, 1.165) is 19.3 Å². The number of esters is 1. The van der Waals surface area contributed by atoms with Crippen LogP contribution >= 0.6 is 0 Å². The van der Waals surface area contributed by atoms with Gasteiger partial charge in [-0.05, 0) is 47.5 Å². The summed E-state index contributed by atoms with van der Waals surface area (Å²) in [6, 6.07) is -0.221. The van der Waals surface area contributed by atoms with Gasteiger partial charge in [0.2, 0.25) is 0 Å². The SMILES string of the molecule is CCOC(=O)[C@]1(C)CCC[C@@H]1NC(=O)OC(C)(C)C. The molecule has 1 amide bonds. The van der Waals surface area contributed by atoms with Crippen LogP contribution in [0.5, 0.6) is 0 Å². The smallest absolute Gasteiger partial charge is 0.407 e. The summed E-state index contributed by atoms with van der Waals surface area (Å²) in [4.78, 5) is 23.8. The number of amides is 1. The van der Waals surface area contributed by atoms with Crippen LogP contribution < -0.4 is 5.32 Å². The predicted molar refractivity (Wildman–Crippen MR) is 71.7 cm³/mol. The first kappa shape index (κ1) is 15.8. The number of ether oxygens (including phenoxy) is 2. The van der Waals surface area contributed by atoms with E-state index in [1.165, 1.54) is 0 Å². The number of nitrogens with one attached hydrogen (secondary N) is 1. The lowest BCUT2D eigenvalue weighted by molar-refractivity contribution is -0.155. The summed E-state index contributed by atoms with van der Waals surface area (Å²) in [5.41, 5.74) is -1.18. The van der Waals surface area contributed by atoms with Crippen molar-refractivity contribution < 1.29 is 19.1 Å². The third kappa shape index (κ3) is 4.11. The minimum absolute atomic E-state index is 0.221. The lowest BCUT2D eigenvalue weighted by Gasteiger charge is -2.30. The van der Waals surface area contributed by atoms with E-state index in [1.54, 1.807) is 6.92 Å². The maximum Gasteiger partial charge on any atom is 0.407 e. The van der Waals surface area contributed by atoms with Crippen molar-refractivity contribution in [2.24, 2.45) is 5.41 Å². The fourth-order valence-corrected chi connectivity index (χ4v) is 2.39. The number of alkyl carbamates (subject to hydrolysis) is 1. The summed E-state index contributed by atoms with van der Waals surface area (Å²) in [7, 11) is 0. The summed E-state index contributed by atoms with van der Waals surface area (Å²) in [6.45, 7) is 9.42. The molecule has 1 saturated carbocycles. The van der Waals surface area contributed by atoms with Crippen LogP contribution in [-0.2, 0) is 14.3 Å². The predicted octanol–water partition coefficient (Wildman–Crippen LogP) is 2.63. The van der Waals surface area contributed by atoms with Crippen LogP contribution in [0, 0.1) is 5.41 Å². The molecule has 0 aliphatic heterocycles. The van der Waals surface area contributed by atoms with E-state index in [0.29, 0.717) is 6.61 Å². The van der Waals surface area contributed by atoms with E-state index in [9.17, 15) is 9.59 Å². The van der Waals surface area contributed by atoms with Gasteiger partial charge in [-0.3, -0.25) is 4.79 Å². The number of rotatable bonds is 3. The second kappa shape index (κ2) is 5.80. The molecule has 0 heterocycles. The molecule has 0 spiro atoms. The average molecular weight is 271 g/mol. The summed E-state index contributed by atoms with van der Waals surface area (Å²) in [5, 5.41) is 2.80. The van der Waals surface area contributed by atoms with E-state index < -0.39 is 17.1 Å². The lowest BCUT2D eigenvalue weighted by atomic mass is 9.85. The maximum absolute atomic E-state index is 12.0. The second-order valence-corrected chi connectivity index (χ2v) is 6.23. The van der Waals surface area contributed by atoms with E-state index in [1.807, 2.05) is 27.7 Å². The molecule has 1 rings (SSSR count). The zero-order chi connectivity index (χ0) is 14.7. The van der Waals surface area contributed by atoms with Crippen molar-refractivity contribution in [3.63, 3.8) is 0 Å². The summed E-state index contributed by atoms with van der Waals surface area (Å²) in [6.07, 6.45) is 1.92. The van der Waals surface area contributed by atoms with Gasteiger partial charge in [0.15, 0.2) is 0 Å². The molecule has 19 heavy (non-hydrogen) atoms. The lowest BCUT2D eigenvalue weighted by Crippen LogP contribution is -2.49. The van der Waals surface area contributed by atoms with E-state index in [-0.39, 0.29) is 12.0 Å². The Hall–Kier alpha value is -1.26. The van der Waals surface area contributed by atoms with Crippen LogP contribution in [0.4, 0.5) is 4.79 Å². The first-order chi connectivity index (χ1) is 8.69. The number of hydrogen-bond donors (Lipinski definition) is 1. The quantitative estimate of drug-likeness (QED) is 0.801. The van der Waals surface area contributed by atoms with Crippen LogP contribution in [0.1, 0.15) is 53.9 Å². The molecule has 0 aromatic carbocycles. The largest absolute Gasteiger partial charge is 0.466 e. The maximum atomic E-state index is 12.0. The zero-order valence-corrected chi connectivity index (χ0v) is 12.5.